The molecule has 0 radical (unpaired) electrons. The van der Waals surface area contributed by atoms with E-state index < -0.39 is 17.6 Å². The Labute approximate surface area is 137 Å². The molecule has 0 atom stereocenters. The number of amides is 1. The van der Waals surface area contributed by atoms with Gasteiger partial charge in [0, 0.05) is 4.88 Å². The van der Waals surface area contributed by atoms with E-state index >= 15 is 0 Å². The number of carbonyl (C=O) groups excluding carboxylic acids is 1. The smallest absolute Gasteiger partial charge is 0.278 e. The van der Waals surface area contributed by atoms with Crippen LogP contribution in [0.3, 0.4) is 0 Å². The first-order chi connectivity index (χ1) is 10.9. The first-order valence-corrected chi connectivity index (χ1v) is 8.09. The average molecular weight is 354 g/mol. The second-order valence-electron chi connectivity index (χ2n) is 4.62. The van der Waals surface area contributed by atoms with Crippen molar-refractivity contribution in [3.8, 4) is 0 Å². The van der Waals surface area contributed by atoms with Gasteiger partial charge in [0.15, 0.2) is 5.17 Å². The molecule has 2 aromatic rings. The number of rotatable bonds is 2. The second kappa shape index (κ2) is 5.86. The van der Waals surface area contributed by atoms with Gasteiger partial charge in [-0.05, 0) is 47.5 Å². The van der Waals surface area contributed by atoms with Gasteiger partial charge in [0.05, 0.1) is 16.2 Å². The van der Waals surface area contributed by atoms with Crippen LogP contribution >= 0.6 is 23.1 Å². The molecule has 1 fully saturated rings. The Morgan fingerprint density at radius 3 is 2.61 bits per heavy atom. The number of alkyl halides is 3. The van der Waals surface area contributed by atoms with Gasteiger partial charge in [-0.3, -0.25) is 15.1 Å². The van der Waals surface area contributed by atoms with E-state index in [4.69, 9.17) is 5.41 Å². The lowest BCUT2D eigenvalue weighted by Crippen LogP contribution is -2.28. The molecule has 0 bridgehead atoms. The number of hydrogen-bond acceptors (Lipinski definition) is 4. The van der Waals surface area contributed by atoms with Gasteiger partial charge < -0.3 is 0 Å². The molecule has 1 amide bonds. The van der Waals surface area contributed by atoms with Crippen molar-refractivity contribution in [3.63, 3.8) is 0 Å². The normalized spacial score (nSPS) is 17.3. The summed E-state index contributed by atoms with van der Waals surface area (Å²) in [6, 6.07) is 8.07. The maximum Gasteiger partial charge on any atom is 0.416 e. The van der Waals surface area contributed by atoms with Crippen LogP contribution in [0, 0.1) is 5.41 Å². The van der Waals surface area contributed by atoms with Crippen LogP contribution in [0.15, 0.2) is 46.7 Å². The van der Waals surface area contributed by atoms with Crippen LogP contribution in [0.25, 0.3) is 6.08 Å². The lowest BCUT2D eigenvalue weighted by atomic mass is 10.2. The highest BCUT2D eigenvalue weighted by Crippen LogP contribution is 2.38. The Morgan fingerprint density at radius 2 is 1.96 bits per heavy atom. The van der Waals surface area contributed by atoms with Crippen molar-refractivity contribution in [1.82, 2.24) is 0 Å². The van der Waals surface area contributed by atoms with Crippen molar-refractivity contribution < 1.29 is 18.0 Å². The van der Waals surface area contributed by atoms with E-state index in [9.17, 15) is 18.0 Å². The number of nitrogens with zero attached hydrogens (tertiary/aromatic N) is 1. The highest BCUT2D eigenvalue weighted by molar-refractivity contribution is 8.19. The third kappa shape index (κ3) is 3.18. The predicted octanol–water partition coefficient (Wildman–Crippen LogP) is 4.82. The minimum absolute atomic E-state index is 0.0388. The van der Waals surface area contributed by atoms with Crippen molar-refractivity contribution in [3.05, 3.63) is 57.1 Å². The SMILES string of the molecule is N=C1S/C(=C\c2cccs2)C(=O)N1c1cccc(C(F)(F)F)c1. The van der Waals surface area contributed by atoms with Gasteiger partial charge in [0.1, 0.15) is 0 Å². The van der Waals surface area contributed by atoms with E-state index in [0.29, 0.717) is 4.91 Å². The fourth-order valence-corrected chi connectivity index (χ4v) is 3.63. The number of thiophene rings is 1. The number of thioether (sulfide) groups is 1. The molecular weight excluding hydrogens is 345 g/mol. The monoisotopic (exact) mass is 354 g/mol. The lowest BCUT2D eigenvalue weighted by Gasteiger charge is -2.16. The van der Waals surface area contributed by atoms with Gasteiger partial charge in [0.25, 0.3) is 5.91 Å². The Morgan fingerprint density at radius 1 is 1.17 bits per heavy atom. The van der Waals surface area contributed by atoms with Crippen LogP contribution < -0.4 is 4.90 Å². The highest BCUT2D eigenvalue weighted by atomic mass is 32.2. The van der Waals surface area contributed by atoms with Crippen molar-refractivity contribution in [2.75, 3.05) is 4.90 Å². The van der Waals surface area contributed by atoms with Crippen molar-refractivity contribution in [1.29, 1.82) is 5.41 Å². The topological polar surface area (TPSA) is 44.2 Å². The molecule has 2 heterocycles. The number of nitrogens with one attached hydrogen (secondary N) is 1. The fraction of sp³-hybridized carbons (Fsp3) is 0.0667. The number of anilines is 1. The van der Waals surface area contributed by atoms with Crippen molar-refractivity contribution in [2.24, 2.45) is 0 Å². The largest absolute Gasteiger partial charge is 0.416 e. The standard InChI is InChI=1S/C15H9F3N2OS2/c16-15(17,18)9-3-1-4-10(7-9)20-13(21)12(23-14(20)19)8-11-5-2-6-22-11/h1-8,19H/b12-8-,19-14?. The summed E-state index contributed by atoms with van der Waals surface area (Å²) in [4.78, 5) is 14.6. The van der Waals surface area contributed by atoms with Gasteiger partial charge in [-0.15, -0.1) is 11.3 Å². The molecule has 1 aliphatic rings. The lowest BCUT2D eigenvalue weighted by molar-refractivity contribution is -0.137. The zero-order valence-corrected chi connectivity index (χ0v) is 13.1. The minimum atomic E-state index is -4.50. The van der Waals surface area contributed by atoms with Crippen LogP contribution in [0.1, 0.15) is 10.4 Å². The molecule has 0 unspecified atom stereocenters. The number of hydrogen-bond donors (Lipinski definition) is 1. The third-order valence-corrected chi connectivity index (χ3v) is 4.78. The predicted molar refractivity (Wildman–Crippen MR) is 86.5 cm³/mol. The Balaban J connectivity index is 1.95. The first-order valence-electron chi connectivity index (χ1n) is 6.39. The molecule has 0 spiro atoms. The first kappa shape index (κ1) is 15.8. The maximum atomic E-state index is 12.8. The van der Waals surface area contributed by atoms with Crippen LogP contribution in [0.2, 0.25) is 0 Å². The van der Waals surface area contributed by atoms with Gasteiger partial charge in [0.2, 0.25) is 0 Å². The molecule has 1 aromatic heterocycles. The zero-order chi connectivity index (χ0) is 16.6. The highest BCUT2D eigenvalue weighted by Gasteiger charge is 2.36. The second-order valence-corrected chi connectivity index (χ2v) is 6.63. The molecule has 8 heteroatoms. The average Bonchev–Trinajstić information content (AvgIpc) is 3.08. The fourth-order valence-electron chi connectivity index (χ4n) is 2.05. The van der Waals surface area contributed by atoms with E-state index in [-0.39, 0.29) is 10.9 Å². The summed E-state index contributed by atoms with van der Waals surface area (Å²) in [5.74, 6) is -0.493. The molecule has 118 valence electrons. The van der Waals surface area contributed by atoms with E-state index in [1.807, 2.05) is 17.5 Å². The van der Waals surface area contributed by atoms with Crippen molar-refractivity contribution >= 4 is 45.9 Å². The van der Waals surface area contributed by atoms with Crippen LogP contribution in [-0.4, -0.2) is 11.1 Å². The summed E-state index contributed by atoms with van der Waals surface area (Å²) in [5.41, 5.74) is -0.812. The van der Waals surface area contributed by atoms with E-state index in [0.717, 1.165) is 33.7 Å². The Hall–Kier alpha value is -2.06. The minimum Gasteiger partial charge on any atom is -0.278 e. The number of carbonyl (C=O) groups is 1. The Bertz CT molecular complexity index is 797. The Kier molecular flexibility index (Phi) is 4.03. The molecule has 3 nitrogen and oxygen atoms in total. The number of halogens is 3. The summed E-state index contributed by atoms with van der Waals surface area (Å²) >= 11 is 2.37. The molecule has 1 aromatic carbocycles. The van der Waals surface area contributed by atoms with E-state index in [1.165, 1.54) is 23.5 Å². The van der Waals surface area contributed by atoms with Gasteiger partial charge in [-0.2, -0.15) is 13.2 Å². The summed E-state index contributed by atoms with van der Waals surface area (Å²) < 4.78 is 38.4. The summed E-state index contributed by atoms with van der Waals surface area (Å²) in [6.45, 7) is 0. The van der Waals surface area contributed by atoms with E-state index in [1.54, 1.807) is 6.08 Å². The quantitative estimate of drug-likeness (QED) is 0.786. The molecule has 0 aliphatic carbocycles. The maximum absolute atomic E-state index is 12.8. The summed E-state index contributed by atoms with van der Waals surface area (Å²) in [6.07, 6.45) is -2.86. The van der Waals surface area contributed by atoms with Gasteiger partial charge in [-0.25, -0.2) is 0 Å². The van der Waals surface area contributed by atoms with Gasteiger partial charge >= 0.3 is 6.18 Å². The summed E-state index contributed by atoms with van der Waals surface area (Å²) in [5, 5.41) is 9.65. The van der Waals surface area contributed by atoms with E-state index in [2.05, 4.69) is 0 Å². The number of amidine groups is 1. The molecule has 0 saturated carbocycles. The molecular formula is C15H9F3N2OS2. The molecule has 1 saturated heterocycles. The van der Waals surface area contributed by atoms with Crippen LogP contribution in [0.5, 0.6) is 0 Å². The van der Waals surface area contributed by atoms with Crippen molar-refractivity contribution in [2.45, 2.75) is 6.18 Å². The number of benzene rings is 1. The van der Waals surface area contributed by atoms with Crippen LogP contribution in [-0.2, 0) is 11.0 Å². The molecule has 3 rings (SSSR count). The van der Waals surface area contributed by atoms with Crippen LogP contribution in [0.4, 0.5) is 18.9 Å². The molecule has 1 aliphatic heterocycles. The molecule has 1 N–H and O–H groups in total. The molecule has 23 heavy (non-hydrogen) atoms. The van der Waals surface area contributed by atoms with Gasteiger partial charge in [-0.1, -0.05) is 12.1 Å². The third-order valence-electron chi connectivity index (χ3n) is 3.07. The zero-order valence-electron chi connectivity index (χ0n) is 11.4. The summed E-state index contributed by atoms with van der Waals surface area (Å²) in [7, 11) is 0.